The van der Waals surface area contributed by atoms with Gasteiger partial charge in [-0.1, -0.05) is 30.7 Å². The highest BCUT2D eigenvalue weighted by atomic mass is 35.5. The van der Waals surface area contributed by atoms with Crippen LogP contribution < -0.4 is 4.74 Å². The molecule has 0 atom stereocenters. The molecule has 0 bridgehead atoms. The van der Waals surface area contributed by atoms with E-state index < -0.39 is 0 Å². The fourth-order valence-electron chi connectivity index (χ4n) is 2.53. The molecule has 1 aromatic heterocycles. The van der Waals surface area contributed by atoms with E-state index in [4.69, 9.17) is 16.3 Å². The van der Waals surface area contributed by atoms with E-state index in [0.29, 0.717) is 5.15 Å². The van der Waals surface area contributed by atoms with Gasteiger partial charge in [0, 0.05) is 18.1 Å². The second-order valence-electron chi connectivity index (χ2n) is 4.99. The van der Waals surface area contributed by atoms with Crippen LogP contribution in [0.15, 0.2) is 24.3 Å². The molecule has 0 radical (unpaired) electrons. The minimum absolute atomic E-state index is 0.492. The smallest absolute Gasteiger partial charge is 0.133 e. The van der Waals surface area contributed by atoms with Gasteiger partial charge in [-0.15, -0.1) is 0 Å². The van der Waals surface area contributed by atoms with Gasteiger partial charge in [-0.2, -0.15) is 0 Å². The van der Waals surface area contributed by atoms with Gasteiger partial charge in [0.15, 0.2) is 0 Å². The summed E-state index contributed by atoms with van der Waals surface area (Å²) < 4.78 is 5.85. The van der Waals surface area contributed by atoms with Crippen LogP contribution >= 0.6 is 11.6 Å². The molecular formula is C16H17ClN2O. The molecule has 0 unspecified atom stereocenters. The van der Waals surface area contributed by atoms with Crippen LogP contribution in [-0.4, -0.2) is 16.6 Å². The van der Waals surface area contributed by atoms with Crippen molar-refractivity contribution < 1.29 is 4.74 Å². The summed E-state index contributed by atoms with van der Waals surface area (Å²) in [7, 11) is 0. The van der Waals surface area contributed by atoms with Gasteiger partial charge in [0.25, 0.3) is 0 Å². The van der Waals surface area contributed by atoms with Gasteiger partial charge in [0.1, 0.15) is 16.7 Å². The molecule has 0 saturated carbocycles. The number of hydrogen-bond acceptors (Lipinski definition) is 3. The van der Waals surface area contributed by atoms with Crippen molar-refractivity contribution >= 4 is 11.6 Å². The third kappa shape index (κ3) is 2.63. The molecule has 3 nitrogen and oxygen atoms in total. The number of hydrogen-bond donors (Lipinski definition) is 0. The van der Waals surface area contributed by atoms with E-state index in [2.05, 4.69) is 29.0 Å². The lowest BCUT2D eigenvalue weighted by Gasteiger charge is -2.20. The minimum Gasteiger partial charge on any atom is -0.493 e. The molecule has 1 aromatic carbocycles. The van der Waals surface area contributed by atoms with Crippen LogP contribution in [-0.2, 0) is 12.8 Å². The van der Waals surface area contributed by atoms with E-state index in [1.807, 2.05) is 12.1 Å². The van der Waals surface area contributed by atoms with Crippen LogP contribution in [0.2, 0.25) is 5.15 Å². The molecule has 0 N–H and O–H groups in total. The molecule has 0 fully saturated rings. The second kappa shape index (κ2) is 5.80. The number of fused-ring (bicyclic) bond motifs is 1. The molecule has 3 rings (SSSR count). The normalized spacial score (nSPS) is 13.7. The summed E-state index contributed by atoms with van der Waals surface area (Å²) in [6, 6.07) is 8.03. The monoisotopic (exact) mass is 288 g/mol. The van der Waals surface area contributed by atoms with Crippen molar-refractivity contribution in [2.75, 3.05) is 6.61 Å². The minimum atomic E-state index is 0.492. The number of halogens is 1. The van der Waals surface area contributed by atoms with Crippen LogP contribution in [0, 0.1) is 0 Å². The Labute approximate surface area is 124 Å². The molecular weight excluding hydrogens is 272 g/mol. The largest absolute Gasteiger partial charge is 0.493 e. The fraction of sp³-hybridized carbons (Fsp3) is 0.375. The standard InChI is InChI=1S/C16H17ClN2O/c1-2-5-15-18-13(10-14(17)19-15)12-8-3-6-11-7-4-9-20-16(11)12/h3,6,8,10H,2,4-5,7,9H2,1H3. The van der Waals surface area contributed by atoms with Crippen molar-refractivity contribution in [1.82, 2.24) is 9.97 Å². The molecule has 0 saturated heterocycles. The maximum absolute atomic E-state index is 6.13. The maximum atomic E-state index is 6.13. The lowest BCUT2D eigenvalue weighted by atomic mass is 10.0. The highest BCUT2D eigenvalue weighted by Gasteiger charge is 2.17. The summed E-state index contributed by atoms with van der Waals surface area (Å²) in [6.45, 7) is 2.88. The Kier molecular flexibility index (Phi) is 3.88. The van der Waals surface area contributed by atoms with Gasteiger partial charge in [0.2, 0.25) is 0 Å². The molecule has 1 aliphatic rings. The number of aromatic nitrogens is 2. The van der Waals surface area contributed by atoms with Crippen LogP contribution in [0.4, 0.5) is 0 Å². The summed E-state index contributed by atoms with van der Waals surface area (Å²) in [5, 5.41) is 0.492. The average Bonchev–Trinajstić information content (AvgIpc) is 2.46. The second-order valence-corrected chi connectivity index (χ2v) is 5.38. The van der Waals surface area contributed by atoms with E-state index in [9.17, 15) is 0 Å². The van der Waals surface area contributed by atoms with E-state index in [1.54, 1.807) is 0 Å². The third-order valence-corrected chi connectivity index (χ3v) is 3.62. The topological polar surface area (TPSA) is 35.0 Å². The van der Waals surface area contributed by atoms with Gasteiger partial charge in [-0.25, -0.2) is 9.97 Å². The highest BCUT2D eigenvalue weighted by molar-refractivity contribution is 6.29. The van der Waals surface area contributed by atoms with E-state index in [0.717, 1.165) is 55.1 Å². The molecule has 20 heavy (non-hydrogen) atoms. The molecule has 2 aromatic rings. The Bertz CT molecular complexity index is 628. The van der Waals surface area contributed by atoms with Crippen LogP contribution in [0.5, 0.6) is 5.75 Å². The lowest BCUT2D eigenvalue weighted by molar-refractivity contribution is 0.289. The van der Waals surface area contributed by atoms with Crippen molar-refractivity contribution in [3.63, 3.8) is 0 Å². The molecule has 0 amide bonds. The predicted molar refractivity (Wildman–Crippen MR) is 80.3 cm³/mol. The van der Waals surface area contributed by atoms with Crippen molar-refractivity contribution in [1.29, 1.82) is 0 Å². The number of rotatable bonds is 3. The first kappa shape index (κ1) is 13.4. The Morgan fingerprint density at radius 3 is 3.05 bits per heavy atom. The zero-order chi connectivity index (χ0) is 13.9. The summed E-state index contributed by atoms with van der Waals surface area (Å²) in [4.78, 5) is 8.90. The number of benzene rings is 1. The van der Waals surface area contributed by atoms with E-state index >= 15 is 0 Å². The van der Waals surface area contributed by atoms with Gasteiger partial charge < -0.3 is 4.74 Å². The quantitative estimate of drug-likeness (QED) is 0.799. The Balaban J connectivity index is 2.09. The molecule has 1 aliphatic heterocycles. The Hall–Kier alpha value is -1.61. The van der Waals surface area contributed by atoms with E-state index in [-0.39, 0.29) is 0 Å². The van der Waals surface area contributed by atoms with Gasteiger partial charge in [-0.3, -0.25) is 0 Å². The van der Waals surface area contributed by atoms with Gasteiger partial charge >= 0.3 is 0 Å². The molecule has 4 heteroatoms. The van der Waals surface area contributed by atoms with Crippen LogP contribution in [0.25, 0.3) is 11.3 Å². The SMILES string of the molecule is CCCc1nc(Cl)cc(-c2cccc3c2OCCC3)n1. The molecule has 0 spiro atoms. The molecule has 0 aliphatic carbocycles. The predicted octanol–water partition coefficient (Wildman–Crippen LogP) is 4.07. The first-order valence-electron chi connectivity index (χ1n) is 7.06. The van der Waals surface area contributed by atoms with Crippen molar-refractivity contribution in [2.24, 2.45) is 0 Å². The fourth-order valence-corrected chi connectivity index (χ4v) is 2.73. The Morgan fingerprint density at radius 2 is 2.20 bits per heavy atom. The summed E-state index contributed by atoms with van der Waals surface area (Å²) >= 11 is 6.13. The lowest BCUT2D eigenvalue weighted by Crippen LogP contribution is -2.09. The summed E-state index contributed by atoms with van der Waals surface area (Å²) in [5.74, 6) is 1.75. The van der Waals surface area contributed by atoms with Gasteiger partial charge in [0.05, 0.1) is 12.3 Å². The van der Waals surface area contributed by atoms with Crippen molar-refractivity contribution in [3.8, 4) is 17.0 Å². The summed E-state index contributed by atoms with van der Waals surface area (Å²) in [5.41, 5.74) is 3.12. The molecule has 2 heterocycles. The van der Waals surface area contributed by atoms with Crippen molar-refractivity contribution in [2.45, 2.75) is 32.6 Å². The van der Waals surface area contributed by atoms with E-state index in [1.165, 1.54) is 5.56 Å². The summed E-state index contributed by atoms with van der Waals surface area (Å²) in [6.07, 6.45) is 3.97. The van der Waals surface area contributed by atoms with Crippen molar-refractivity contribution in [3.05, 3.63) is 40.8 Å². The number of nitrogens with zero attached hydrogens (tertiary/aromatic N) is 2. The molecule has 104 valence electrons. The number of ether oxygens (including phenoxy) is 1. The highest BCUT2D eigenvalue weighted by Crippen LogP contribution is 2.35. The zero-order valence-corrected chi connectivity index (χ0v) is 12.3. The number of para-hydroxylation sites is 1. The zero-order valence-electron chi connectivity index (χ0n) is 11.5. The van der Waals surface area contributed by atoms with Crippen LogP contribution in [0.3, 0.4) is 0 Å². The first-order chi connectivity index (χ1) is 9.78. The number of aryl methyl sites for hydroxylation is 2. The van der Waals surface area contributed by atoms with Crippen LogP contribution in [0.1, 0.15) is 31.2 Å². The maximum Gasteiger partial charge on any atom is 0.133 e. The third-order valence-electron chi connectivity index (χ3n) is 3.42. The average molecular weight is 289 g/mol. The first-order valence-corrected chi connectivity index (χ1v) is 7.44. The van der Waals surface area contributed by atoms with Gasteiger partial charge in [-0.05, 0) is 30.9 Å². The Morgan fingerprint density at radius 1 is 1.30 bits per heavy atom.